The first-order valence-corrected chi connectivity index (χ1v) is 32.6. The van der Waals surface area contributed by atoms with Gasteiger partial charge in [-0.25, -0.2) is 0 Å². The molecule has 0 aliphatic heterocycles. The summed E-state index contributed by atoms with van der Waals surface area (Å²) in [6.45, 7) is 4.09. The molecule has 0 radical (unpaired) electrons. The lowest BCUT2D eigenvalue weighted by atomic mass is 10.00. The van der Waals surface area contributed by atoms with E-state index < -0.39 is 36.9 Å². The lowest BCUT2D eigenvalue weighted by Crippen LogP contribution is -2.53. The van der Waals surface area contributed by atoms with Crippen molar-refractivity contribution in [1.82, 2.24) is 5.32 Å². The molecule has 0 fully saturated rings. The van der Waals surface area contributed by atoms with Crippen LogP contribution >= 0.6 is 0 Å². The standard InChI is InChI=1S/C65H129NO5/c1-3-5-7-9-11-13-15-17-19-21-23-24-25-26-27-28-29-30-31-32-33-34-35-36-37-38-39-41-43-45-47-49-51-53-55-57-59-63(69)65(71)66-61(60-67)64(70)62(68)58-56-54-52-50-48-46-44-42-40-22-20-18-16-14-12-10-8-6-4-2/h50,52,61-64,67-70H,3-49,51,53-60H2,1-2H3,(H,66,71)/b52-50+. The number of hydrogen-bond donors (Lipinski definition) is 5. The van der Waals surface area contributed by atoms with Gasteiger partial charge in [-0.2, -0.15) is 0 Å². The van der Waals surface area contributed by atoms with Crippen LogP contribution < -0.4 is 5.32 Å². The normalized spacial score (nSPS) is 13.6. The molecule has 0 aliphatic rings. The Morgan fingerprint density at radius 2 is 0.577 bits per heavy atom. The fraction of sp³-hybridized carbons (Fsp3) is 0.954. The summed E-state index contributed by atoms with van der Waals surface area (Å²) in [5, 5.41) is 44.0. The van der Waals surface area contributed by atoms with Crippen LogP contribution in [-0.2, 0) is 4.79 Å². The van der Waals surface area contributed by atoms with E-state index >= 15 is 0 Å². The van der Waals surface area contributed by atoms with E-state index in [1.807, 2.05) is 0 Å². The number of rotatable bonds is 61. The molecule has 0 aliphatic carbocycles. The summed E-state index contributed by atoms with van der Waals surface area (Å²) < 4.78 is 0. The molecule has 0 saturated carbocycles. The average molecular weight is 1000 g/mol. The Bertz CT molecular complexity index is 1040. The van der Waals surface area contributed by atoms with Gasteiger partial charge >= 0.3 is 0 Å². The van der Waals surface area contributed by atoms with Crippen molar-refractivity contribution in [2.45, 2.75) is 391 Å². The maximum atomic E-state index is 12.6. The van der Waals surface area contributed by atoms with Crippen molar-refractivity contribution in [1.29, 1.82) is 0 Å². The molecule has 0 rings (SSSR count). The van der Waals surface area contributed by atoms with Gasteiger partial charge in [0.1, 0.15) is 12.2 Å². The van der Waals surface area contributed by atoms with E-state index in [1.54, 1.807) is 0 Å². The Morgan fingerprint density at radius 1 is 0.338 bits per heavy atom. The number of hydrogen-bond acceptors (Lipinski definition) is 5. The van der Waals surface area contributed by atoms with Crippen molar-refractivity contribution < 1.29 is 25.2 Å². The molecule has 1 amide bonds. The van der Waals surface area contributed by atoms with Crippen LogP contribution in [0.1, 0.15) is 367 Å². The Morgan fingerprint density at radius 3 is 0.845 bits per heavy atom. The van der Waals surface area contributed by atoms with E-state index in [0.717, 1.165) is 38.5 Å². The van der Waals surface area contributed by atoms with E-state index in [1.165, 1.54) is 302 Å². The number of nitrogens with one attached hydrogen (secondary N) is 1. The highest BCUT2D eigenvalue weighted by atomic mass is 16.3. The molecule has 71 heavy (non-hydrogen) atoms. The van der Waals surface area contributed by atoms with Crippen LogP contribution in [0.3, 0.4) is 0 Å². The lowest BCUT2D eigenvalue weighted by molar-refractivity contribution is -0.132. The molecule has 424 valence electrons. The van der Waals surface area contributed by atoms with Gasteiger partial charge in [0.15, 0.2) is 0 Å². The van der Waals surface area contributed by atoms with Gasteiger partial charge in [0.05, 0.1) is 18.8 Å². The number of amides is 1. The zero-order valence-corrected chi connectivity index (χ0v) is 48.3. The Kier molecular flexibility index (Phi) is 59.1. The minimum absolute atomic E-state index is 0.369. The van der Waals surface area contributed by atoms with Gasteiger partial charge < -0.3 is 25.7 Å². The molecule has 4 atom stereocenters. The van der Waals surface area contributed by atoms with Crippen molar-refractivity contribution in [2.75, 3.05) is 6.61 Å². The van der Waals surface area contributed by atoms with Gasteiger partial charge in [0, 0.05) is 0 Å². The number of carbonyl (C=O) groups is 1. The van der Waals surface area contributed by atoms with E-state index in [9.17, 15) is 25.2 Å². The van der Waals surface area contributed by atoms with Crippen LogP contribution in [-0.4, -0.2) is 57.3 Å². The maximum Gasteiger partial charge on any atom is 0.249 e. The average Bonchev–Trinajstić information content (AvgIpc) is 3.38. The lowest BCUT2D eigenvalue weighted by Gasteiger charge is -2.27. The summed E-state index contributed by atoms with van der Waals surface area (Å²) in [7, 11) is 0. The highest BCUT2D eigenvalue weighted by Gasteiger charge is 2.28. The highest BCUT2D eigenvalue weighted by Crippen LogP contribution is 2.19. The molecule has 6 heteroatoms. The van der Waals surface area contributed by atoms with Crippen molar-refractivity contribution in [2.24, 2.45) is 0 Å². The molecular formula is C65H129NO5. The van der Waals surface area contributed by atoms with Gasteiger partial charge in [0.25, 0.3) is 0 Å². The van der Waals surface area contributed by atoms with Crippen LogP contribution in [0, 0.1) is 0 Å². The number of allylic oxidation sites excluding steroid dienone is 2. The molecule has 0 heterocycles. The largest absolute Gasteiger partial charge is 0.394 e. The van der Waals surface area contributed by atoms with Crippen LogP contribution in [0.5, 0.6) is 0 Å². The first-order valence-electron chi connectivity index (χ1n) is 32.6. The molecule has 5 N–H and O–H groups in total. The zero-order valence-electron chi connectivity index (χ0n) is 48.3. The Balaban J connectivity index is 3.51. The minimum Gasteiger partial charge on any atom is -0.394 e. The van der Waals surface area contributed by atoms with Crippen LogP contribution in [0.25, 0.3) is 0 Å². The second-order valence-electron chi connectivity index (χ2n) is 22.8. The molecule has 6 nitrogen and oxygen atoms in total. The van der Waals surface area contributed by atoms with E-state index in [-0.39, 0.29) is 0 Å². The first kappa shape index (κ1) is 70.1. The van der Waals surface area contributed by atoms with Crippen molar-refractivity contribution in [3.8, 4) is 0 Å². The fourth-order valence-electron chi connectivity index (χ4n) is 10.6. The Labute approximate surface area is 444 Å². The second-order valence-corrected chi connectivity index (χ2v) is 22.8. The molecule has 4 unspecified atom stereocenters. The Hall–Kier alpha value is -0.950. The fourth-order valence-corrected chi connectivity index (χ4v) is 10.6. The molecule has 0 aromatic rings. The monoisotopic (exact) mass is 1000 g/mol. The number of carbonyl (C=O) groups excluding carboxylic acids is 1. The molecule has 0 spiro atoms. The number of aliphatic hydroxyl groups excluding tert-OH is 4. The summed E-state index contributed by atoms with van der Waals surface area (Å²) in [5.41, 5.74) is 0. The number of aliphatic hydroxyl groups is 4. The van der Waals surface area contributed by atoms with Gasteiger partial charge in [-0.3, -0.25) is 4.79 Å². The summed E-state index contributed by atoms with van der Waals surface area (Å²) in [5.74, 6) is -0.585. The summed E-state index contributed by atoms with van der Waals surface area (Å²) >= 11 is 0. The second kappa shape index (κ2) is 59.9. The van der Waals surface area contributed by atoms with E-state index in [2.05, 4.69) is 31.3 Å². The number of unbranched alkanes of at least 4 members (excludes halogenated alkanes) is 50. The topological polar surface area (TPSA) is 110 Å². The van der Waals surface area contributed by atoms with Crippen LogP contribution in [0.4, 0.5) is 0 Å². The summed E-state index contributed by atoms with van der Waals surface area (Å²) in [6, 6.07) is -0.999. The molecular weight excluding hydrogens is 875 g/mol. The van der Waals surface area contributed by atoms with Gasteiger partial charge in [0.2, 0.25) is 5.91 Å². The van der Waals surface area contributed by atoms with E-state index in [0.29, 0.717) is 12.8 Å². The quantitative estimate of drug-likeness (QED) is 0.0308. The molecule has 0 aromatic heterocycles. The van der Waals surface area contributed by atoms with Crippen LogP contribution in [0.15, 0.2) is 12.2 Å². The third kappa shape index (κ3) is 53.7. The van der Waals surface area contributed by atoms with E-state index in [4.69, 9.17) is 0 Å². The predicted octanol–water partition coefficient (Wildman–Crippen LogP) is 19.6. The first-order chi connectivity index (χ1) is 35.0. The van der Waals surface area contributed by atoms with Crippen LogP contribution in [0.2, 0.25) is 0 Å². The molecule has 0 saturated heterocycles. The molecule has 0 aromatic carbocycles. The van der Waals surface area contributed by atoms with Gasteiger partial charge in [-0.15, -0.1) is 0 Å². The summed E-state index contributed by atoms with van der Waals surface area (Å²) in [6.07, 6.45) is 73.3. The SMILES string of the molecule is CCCCCCCCCCCCCCCC/C=C/CCCC(O)C(O)C(CO)NC(=O)C(O)CCCCCCCCCCCCCCCCCCCCCCCCCCCCCCCCCCCCCC. The summed E-state index contributed by atoms with van der Waals surface area (Å²) in [4.78, 5) is 12.6. The zero-order chi connectivity index (χ0) is 51.6. The highest BCUT2D eigenvalue weighted by molar-refractivity contribution is 5.80. The van der Waals surface area contributed by atoms with Gasteiger partial charge in [-0.05, 0) is 38.5 Å². The maximum absolute atomic E-state index is 12.6. The molecule has 0 bridgehead atoms. The third-order valence-corrected chi connectivity index (χ3v) is 15.7. The van der Waals surface area contributed by atoms with Crippen molar-refractivity contribution in [3.05, 3.63) is 12.2 Å². The van der Waals surface area contributed by atoms with Crippen molar-refractivity contribution in [3.63, 3.8) is 0 Å². The minimum atomic E-state index is -1.28. The smallest absolute Gasteiger partial charge is 0.249 e. The third-order valence-electron chi connectivity index (χ3n) is 15.7. The van der Waals surface area contributed by atoms with Crippen molar-refractivity contribution >= 4 is 5.91 Å². The van der Waals surface area contributed by atoms with Gasteiger partial charge in [-0.1, -0.05) is 341 Å². The predicted molar refractivity (Wildman–Crippen MR) is 311 cm³/mol.